The van der Waals surface area contributed by atoms with Gasteiger partial charge in [-0.05, 0) is 35.9 Å². The molecule has 2 aromatic rings. The van der Waals surface area contributed by atoms with Crippen molar-refractivity contribution in [3.05, 3.63) is 59.1 Å². The normalized spacial score (nSPS) is 12.2. The summed E-state index contributed by atoms with van der Waals surface area (Å²) in [7, 11) is 1.55. The number of benzene rings is 2. The molecule has 1 N–H and O–H groups in total. The fourth-order valence-corrected chi connectivity index (χ4v) is 2.54. The molecule has 7 heteroatoms. The van der Waals surface area contributed by atoms with Gasteiger partial charge in [0.15, 0.2) is 11.5 Å². The molecule has 2 amide bonds. The number of nitrogens with zero attached hydrogens (tertiary/aromatic N) is 1. The first kappa shape index (κ1) is 17.8. The molecule has 0 saturated carbocycles. The molecule has 0 saturated heterocycles. The zero-order valence-corrected chi connectivity index (χ0v) is 14.8. The first-order chi connectivity index (χ1) is 12.5. The third kappa shape index (κ3) is 4.34. The van der Waals surface area contributed by atoms with Crippen LogP contribution in [0.4, 0.5) is 5.69 Å². The van der Waals surface area contributed by atoms with Crippen LogP contribution in [0, 0.1) is 0 Å². The lowest BCUT2D eigenvalue weighted by atomic mass is 10.2. The number of ether oxygens (including phenoxy) is 2. The first-order valence-corrected chi connectivity index (χ1v) is 8.28. The predicted octanol–water partition coefficient (Wildman–Crippen LogP) is 3.18. The van der Waals surface area contributed by atoms with Crippen LogP contribution in [0.3, 0.4) is 0 Å². The van der Waals surface area contributed by atoms with Crippen molar-refractivity contribution < 1.29 is 19.1 Å². The lowest BCUT2D eigenvalue weighted by Crippen LogP contribution is -2.33. The molecule has 0 aliphatic carbocycles. The summed E-state index contributed by atoms with van der Waals surface area (Å²) in [5.41, 5.74) is 1.31. The molecular formula is C19H17ClN2O4. The minimum absolute atomic E-state index is 0.0878. The smallest absolute Gasteiger partial charge is 0.246 e. The van der Waals surface area contributed by atoms with Crippen LogP contribution in [0.2, 0.25) is 5.02 Å². The maximum atomic E-state index is 12.2. The van der Waals surface area contributed by atoms with E-state index >= 15 is 0 Å². The Morgan fingerprint density at radius 1 is 1.19 bits per heavy atom. The fraction of sp³-hybridized carbons (Fsp3) is 0.158. The van der Waals surface area contributed by atoms with Crippen LogP contribution in [0.1, 0.15) is 5.56 Å². The third-order valence-electron chi connectivity index (χ3n) is 3.72. The molecule has 3 rings (SSSR count). The van der Waals surface area contributed by atoms with Crippen molar-refractivity contribution in [1.82, 2.24) is 4.90 Å². The zero-order chi connectivity index (χ0) is 18.5. The second-order valence-corrected chi connectivity index (χ2v) is 6.08. The van der Waals surface area contributed by atoms with Gasteiger partial charge in [0.1, 0.15) is 0 Å². The number of hydrogen-bond donors (Lipinski definition) is 1. The van der Waals surface area contributed by atoms with Crippen LogP contribution in [0.25, 0.3) is 6.08 Å². The van der Waals surface area contributed by atoms with E-state index in [0.29, 0.717) is 22.2 Å². The summed E-state index contributed by atoms with van der Waals surface area (Å²) in [6.07, 6.45) is 3.06. The number of halogens is 1. The van der Waals surface area contributed by atoms with E-state index in [1.54, 1.807) is 49.5 Å². The highest BCUT2D eigenvalue weighted by molar-refractivity contribution is 6.33. The maximum absolute atomic E-state index is 12.2. The Morgan fingerprint density at radius 2 is 1.96 bits per heavy atom. The van der Waals surface area contributed by atoms with Crippen LogP contribution >= 0.6 is 11.6 Å². The van der Waals surface area contributed by atoms with Crippen molar-refractivity contribution in [2.24, 2.45) is 0 Å². The Hall–Kier alpha value is -2.99. The van der Waals surface area contributed by atoms with Gasteiger partial charge in [-0.15, -0.1) is 0 Å². The third-order valence-corrected chi connectivity index (χ3v) is 4.05. The molecule has 2 aromatic carbocycles. The second-order valence-electron chi connectivity index (χ2n) is 5.67. The van der Waals surface area contributed by atoms with E-state index in [9.17, 15) is 9.59 Å². The van der Waals surface area contributed by atoms with E-state index in [1.807, 2.05) is 6.07 Å². The Bertz CT molecular complexity index is 866. The van der Waals surface area contributed by atoms with E-state index in [1.165, 1.54) is 11.0 Å². The molecule has 134 valence electrons. The summed E-state index contributed by atoms with van der Waals surface area (Å²) >= 11 is 6.00. The average Bonchev–Trinajstić information content (AvgIpc) is 3.09. The molecule has 1 aliphatic rings. The van der Waals surface area contributed by atoms with Crippen LogP contribution in [-0.2, 0) is 9.59 Å². The number of likely N-dealkylation sites (N-methyl/N-ethyl adjacent to an activating group) is 1. The summed E-state index contributed by atoms with van der Waals surface area (Å²) < 4.78 is 10.5. The van der Waals surface area contributed by atoms with Gasteiger partial charge in [-0.1, -0.05) is 29.8 Å². The van der Waals surface area contributed by atoms with Crippen molar-refractivity contribution in [3.8, 4) is 11.5 Å². The predicted molar refractivity (Wildman–Crippen MR) is 99.3 cm³/mol. The van der Waals surface area contributed by atoms with Gasteiger partial charge in [-0.2, -0.15) is 0 Å². The second kappa shape index (κ2) is 7.93. The fourth-order valence-electron chi connectivity index (χ4n) is 2.36. The maximum Gasteiger partial charge on any atom is 0.246 e. The lowest BCUT2D eigenvalue weighted by Gasteiger charge is -2.15. The minimum Gasteiger partial charge on any atom is -0.454 e. The quantitative estimate of drug-likeness (QED) is 0.818. The van der Waals surface area contributed by atoms with E-state index in [-0.39, 0.29) is 25.2 Å². The van der Waals surface area contributed by atoms with Gasteiger partial charge in [0.2, 0.25) is 18.6 Å². The molecule has 26 heavy (non-hydrogen) atoms. The molecule has 0 spiro atoms. The standard InChI is InChI=1S/C19H17ClN2O4/c1-22(11-18(23)21-15-5-3-2-4-14(15)20)19(24)9-7-13-6-8-16-17(10-13)26-12-25-16/h2-10H,11-12H2,1H3,(H,21,23)/b9-7+. The molecule has 1 aliphatic heterocycles. The molecule has 0 radical (unpaired) electrons. The van der Waals surface area contributed by atoms with Gasteiger partial charge in [0, 0.05) is 13.1 Å². The molecule has 0 unspecified atom stereocenters. The number of para-hydroxylation sites is 1. The molecule has 0 atom stereocenters. The Labute approximate surface area is 156 Å². The number of anilines is 1. The number of hydrogen-bond acceptors (Lipinski definition) is 4. The highest BCUT2D eigenvalue weighted by Gasteiger charge is 2.14. The SMILES string of the molecule is CN(CC(=O)Nc1ccccc1Cl)C(=O)/C=C/c1ccc2c(c1)OCO2. The van der Waals surface area contributed by atoms with Gasteiger partial charge >= 0.3 is 0 Å². The van der Waals surface area contributed by atoms with E-state index in [0.717, 1.165) is 5.56 Å². The number of carbonyl (C=O) groups is 2. The van der Waals surface area contributed by atoms with Crippen LogP contribution < -0.4 is 14.8 Å². The summed E-state index contributed by atoms with van der Waals surface area (Å²) in [5.74, 6) is 0.705. The zero-order valence-electron chi connectivity index (χ0n) is 14.1. The highest BCUT2D eigenvalue weighted by Crippen LogP contribution is 2.32. The molecule has 0 aromatic heterocycles. The van der Waals surface area contributed by atoms with Gasteiger partial charge in [-0.3, -0.25) is 9.59 Å². The average molecular weight is 373 g/mol. The number of rotatable bonds is 5. The molecular weight excluding hydrogens is 356 g/mol. The molecule has 0 fully saturated rings. The van der Waals surface area contributed by atoms with Gasteiger partial charge in [0.05, 0.1) is 17.3 Å². The van der Waals surface area contributed by atoms with Crippen molar-refractivity contribution in [2.75, 3.05) is 25.7 Å². The van der Waals surface area contributed by atoms with Crippen molar-refractivity contribution in [1.29, 1.82) is 0 Å². The van der Waals surface area contributed by atoms with Crippen molar-refractivity contribution >= 4 is 35.2 Å². The van der Waals surface area contributed by atoms with Crippen molar-refractivity contribution in [3.63, 3.8) is 0 Å². The van der Waals surface area contributed by atoms with Crippen molar-refractivity contribution in [2.45, 2.75) is 0 Å². The Kier molecular flexibility index (Phi) is 5.43. The van der Waals surface area contributed by atoms with Crippen LogP contribution in [0.15, 0.2) is 48.5 Å². The Balaban J connectivity index is 1.56. The number of amides is 2. The topological polar surface area (TPSA) is 67.9 Å². The van der Waals surface area contributed by atoms with E-state index < -0.39 is 0 Å². The number of fused-ring (bicyclic) bond motifs is 1. The van der Waals surface area contributed by atoms with E-state index in [4.69, 9.17) is 21.1 Å². The summed E-state index contributed by atoms with van der Waals surface area (Å²) in [6.45, 7) is 0.111. The van der Waals surface area contributed by atoms with Crippen LogP contribution in [-0.4, -0.2) is 37.1 Å². The highest BCUT2D eigenvalue weighted by atomic mass is 35.5. The number of carbonyl (C=O) groups excluding carboxylic acids is 2. The van der Waals surface area contributed by atoms with Crippen LogP contribution in [0.5, 0.6) is 11.5 Å². The van der Waals surface area contributed by atoms with Gasteiger partial charge in [-0.25, -0.2) is 0 Å². The minimum atomic E-state index is -0.328. The summed E-state index contributed by atoms with van der Waals surface area (Å²) in [5, 5.41) is 3.12. The largest absolute Gasteiger partial charge is 0.454 e. The first-order valence-electron chi connectivity index (χ1n) is 7.90. The summed E-state index contributed by atoms with van der Waals surface area (Å²) in [4.78, 5) is 25.6. The molecule has 1 heterocycles. The monoisotopic (exact) mass is 372 g/mol. The Morgan fingerprint density at radius 3 is 2.77 bits per heavy atom. The van der Waals surface area contributed by atoms with Gasteiger partial charge < -0.3 is 19.7 Å². The lowest BCUT2D eigenvalue weighted by molar-refractivity contribution is -0.129. The summed E-state index contributed by atoms with van der Waals surface area (Å²) in [6, 6.07) is 12.3. The van der Waals surface area contributed by atoms with E-state index in [2.05, 4.69) is 5.32 Å². The number of nitrogens with one attached hydrogen (secondary N) is 1. The molecule has 0 bridgehead atoms. The van der Waals surface area contributed by atoms with Gasteiger partial charge in [0.25, 0.3) is 0 Å². The molecule has 6 nitrogen and oxygen atoms in total.